The molecule has 0 N–H and O–H groups in total. The van der Waals surface area contributed by atoms with E-state index in [0.717, 1.165) is 15.4 Å². The molecule has 0 bridgehead atoms. The van der Waals surface area contributed by atoms with Gasteiger partial charge in [-0.1, -0.05) is 48.0 Å². The summed E-state index contributed by atoms with van der Waals surface area (Å²) in [5.41, 5.74) is 2.28. The normalized spacial score (nSPS) is 20.2. The highest BCUT2D eigenvalue weighted by Gasteiger charge is 2.51. The molecule has 0 radical (unpaired) electrons. The van der Waals surface area contributed by atoms with Crippen molar-refractivity contribution in [1.82, 2.24) is 9.21 Å². The number of Topliss-reactive ketones (excluding diaryl/α,β-unsaturated/α-hetero) is 2. The first kappa shape index (κ1) is 18.6. The van der Waals surface area contributed by atoms with E-state index in [1.807, 2.05) is 13.8 Å². The molecule has 2 aromatic carbocycles. The fourth-order valence-corrected chi connectivity index (χ4v) is 5.64. The molecular formula is C23H18N2O4S. The minimum absolute atomic E-state index is 0.0700. The molecule has 30 heavy (non-hydrogen) atoms. The second-order valence-electron chi connectivity index (χ2n) is 7.57. The Morgan fingerprint density at radius 3 is 2.07 bits per heavy atom. The van der Waals surface area contributed by atoms with Gasteiger partial charge >= 0.3 is 0 Å². The van der Waals surface area contributed by atoms with E-state index in [4.69, 9.17) is 0 Å². The molecule has 5 rings (SSSR count). The molecule has 150 valence electrons. The monoisotopic (exact) mass is 418 g/mol. The number of allylic oxidation sites excluding steroid dienone is 4. The summed E-state index contributed by atoms with van der Waals surface area (Å²) < 4.78 is 28.4. The van der Waals surface area contributed by atoms with Crippen LogP contribution in [-0.2, 0) is 10.0 Å². The van der Waals surface area contributed by atoms with Crippen LogP contribution in [0, 0.1) is 6.92 Å². The van der Waals surface area contributed by atoms with Gasteiger partial charge in [-0.25, -0.2) is 12.7 Å². The van der Waals surface area contributed by atoms with Crippen LogP contribution in [0.15, 0.2) is 88.7 Å². The van der Waals surface area contributed by atoms with E-state index in [-0.39, 0.29) is 33.2 Å². The lowest BCUT2D eigenvalue weighted by molar-refractivity contribution is 0.0958. The van der Waals surface area contributed by atoms with Crippen molar-refractivity contribution < 1.29 is 18.0 Å². The van der Waals surface area contributed by atoms with Gasteiger partial charge in [0, 0.05) is 17.3 Å². The van der Waals surface area contributed by atoms with E-state index in [1.54, 1.807) is 59.7 Å². The molecule has 1 atom stereocenters. The van der Waals surface area contributed by atoms with Crippen molar-refractivity contribution in [2.75, 3.05) is 0 Å². The summed E-state index contributed by atoms with van der Waals surface area (Å²) in [5, 5.41) is 0. The molecule has 0 aromatic heterocycles. The van der Waals surface area contributed by atoms with Crippen LogP contribution in [0.5, 0.6) is 0 Å². The standard InChI is InChI=1S/C23H18N2O4S/c1-14-7-10-16(11-8-14)30(28,29)25-19-12-9-15(2)13-24(19)20-21(25)23(27)18-6-4-3-5-17(18)22(20)26/h3-13,19H,1-2H3. The van der Waals surface area contributed by atoms with Crippen LogP contribution in [-0.4, -0.2) is 35.4 Å². The van der Waals surface area contributed by atoms with Crippen molar-refractivity contribution in [3.63, 3.8) is 0 Å². The number of hydrogen-bond acceptors (Lipinski definition) is 5. The number of carbonyl (C=O) groups is 2. The van der Waals surface area contributed by atoms with Gasteiger partial charge in [-0.15, -0.1) is 0 Å². The smallest absolute Gasteiger partial charge is 0.266 e. The van der Waals surface area contributed by atoms with Crippen molar-refractivity contribution in [3.05, 3.63) is 101 Å². The third-order valence-corrected chi connectivity index (χ3v) is 7.31. The Morgan fingerprint density at radius 2 is 1.43 bits per heavy atom. The summed E-state index contributed by atoms with van der Waals surface area (Å²) in [6.07, 6.45) is 4.39. The molecule has 0 saturated carbocycles. The number of aryl methyl sites for hydroxylation is 1. The molecule has 1 unspecified atom stereocenters. The van der Waals surface area contributed by atoms with Gasteiger partial charge < -0.3 is 4.90 Å². The van der Waals surface area contributed by atoms with Crippen LogP contribution in [0.3, 0.4) is 0 Å². The zero-order chi connectivity index (χ0) is 21.2. The SMILES string of the molecule is CC1=CN2C3=C(C(=O)c4ccccc4C3=O)N(S(=O)(=O)c3ccc(C)cc3)C2C=C1. The van der Waals surface area contributed by atoms with Gasteiger partial charge in [-0.3, -0.25) is 9.59 Å². The molecule has 1 aliphatic carbocycles. The fraction of sp³-hybridized carbons (Fsp3) is 0.130. The largest absolute Gasteiger partial charge is 0.317 e. The Labute approximate surface area is 174 Å². The van der Waals surface area contributed by atoms with E-state index in [1.165, 1.54) is 12.1 Å². The minimum Gasteiger partial charge on any atom is -0.317 e. The first-order valence-electron chi connectivity index (χ1n) is 9.49. The summed E-state index contributed by atoms with van der Waals surface area (Å²) in [4.78, 5) is 28.4. The van der Waals surface area contributed by atoms with Gasteiger partial charge in [0.25, 0.3) is 10.0 Å². The maximum atomic E-state index is 13.6. The number of ketones is 2. The van der Waals surface area contributed by atoms with Gasteiger partial charge in [0.15, 0.2) is 0 Å². The van der Waals surface area contributed by atoms with Crippen LogP contribution in [0.1, 0.15) is 33.2 Å². The predicted octanol–water partition coefficient (Wildman–Crippen LogP) is 3.39. The van der Waals surface area contributed by atoms with Gasteiger partial charge in [0.05, 0.1) is 4.90 Å². The Balaban J connectivity index is 1.76. The average Bonchev–Trinajstić information content (AvgIpc) is 3.08. The van der Waals surface area contributed by atoms with E-state index in [2.05, 4.69) is 0 Å². The number of hydrogen-bond donors (Lipinski definition) is 0. The van der Waals surface area contributed by atoms with E-state index < -0.39 is 22.0 Å². The summed E-state index contributed by atoms with van der Waals surface area (Å²) in [6, 6.07) is 13.0. The number of fused-ring (bicyclic) bond motifs is 3. The molecule has 2 aromatic rings. The quantitative estimate of drug-likeness (QED) is 0.747. The average molecular weight is 418 g/mol. The topological polar surface area (TPSA) is 74.8 Å². The highest BCUT2D eigenvalue weighted by molar-refractivity contribution is 7.89. The molecule has 7 heteroatoms. The second-order valence-corrected chi connectivity index (χ2v) is 9.38. The van der Waals surface area contributed by atoms with Crippen LogP contribution >= 0.6 is 0 Å². The highest BCUT2D eigenvalue weighted by Crippen LogP contribution is 2.43. The lowest BCUT2D eigenvalue weighted by atomic mass is 9.90. The molecule has 2 heterocycles. The van der Waals surface area contributed by atoms with E-state index in [9.17, 15) is 18.0 Å². The van der Waals surface area contributed by atoms with Gasteiger partial charge in [-0.2, -0.15) is 0 Å². The van der Waals surface area contributed by atoms with Crippen molar-refractivity contribution in [2.45, 2.75) is 24.9 Å². The molecule has 0 spiro atoms. The second kappa shape index (κ2) is 6.27. The first-order valence-corrected chi connectivity index (χ1v) is 10.9. The molecule has 2 aliphatic heterocycles. The Hall–Kier alpha value is -3.45. The first-order chi connectivity index (χ1) is 14.3. The molecule has 3 aliphatic rings. The van der Waals surface area contributed by atoms with Crippen LogP contribution in [0.2, 0.25) is 0 Å². The summed E-state index contributed by atoms with van der Waals surface area (Å²) >= 11 is 0. The number of sulfonamides is 1. The summed E-state index contributed by atoms with van der Waals surface area (Å²) in [7, 11) is -4.09. The van der Waals surface area contributed by atoms with Crippen LogP contribution < -0.4 is 0 Å². The highest BCUT2D eigenvalue weighted by atomic mass is 32.2. The van der Waals surface area contributed by atoms with Crippen molar-refractivity contribution >= 4 is 21.6 Å². The van der Waals surface area contributed by atoms with Gasteiger partial charge in [-0.05, 0) is 37.6 Å². The number of benzene rings is 2. The van der Waals surface area contributed by atoms with Crippen molar-refractivity contribution in [1.29, 1.82) is 0 Å². The van der Waals surface area contributed by atoms with E-state index in [0.29, 0.717) is 0 Å². The zero-order valence-electron chi connectivity index (χ0n) is 16.4. The molecule has 6 nitrogen and oxygen atoms in total. The molecular weight excluding hydrogens is 400 g/mol. The van der Waals surface area contributed by atoms with E-state index >= 15 is 0 Å². The number of nitrogens with zero attached hydrogens (tertiary/aromatic N) is 2. The lowest BCUT2D eigenvalue weighted by Crippen LogP contribution is -2.42. The third-order valence-electron chi connectivity index (χ3n) is 5.53. The Morgan fingerprint density at radius 1 is 0.833 bits per heavy atom. The molecule has 0 amide bonds. The lowest BCUT2D eigenvalue weighted by Gasteiger charge is -2.31. The predicted molar refractivity (Wildman–Crippen MR) is 111 cm³/mol. The third kappa shape index (κ3) is 2.45. The van der Waals surface area contributed by atoms with Gasteiger partial charge in [0.1, 0.15) is 17.6 Å². The Kier molecular flexibility index (Phi) is 3.88. The number of carbonyl (C=O) groups excluding carboxylic acids is 2. The van der Waals surface area contributed by atoms with Crippen LogP contribution in [0.25, 0.3) is 0 Å². The minimum atomic E-state index is -4.09. The fourth-order valence-electron chi connectivity index (χ4n) is 4.07. The maximum absolute atomic E-state index is 13.6. The Bertz CT molecular complexity index is 1320. The molecule has 0 fully saturated rings. The zero-order valence-corrected chi connectivity index (χ0v) is 17.2. The van der Waals surface area contributed by atoms with Gasteiger partial charge in [0.2, 0.25) is 11.6 Å². The molecule has 0 saturated heterocycles. The summed E-state index contributed by atoms with van der Waals surface area (Å²) in [5.74, 6) is -0.823. The van der Waals surface area contributed by atoms with Crippen LogP contribution in [0.4, 0.5) is 0 Å². The van der Waals surface area contributed by atoms with Crippen molar-refractivity contribution in [2.24, 2.45) is 0 Å². The summed E-state index contributed by atoms with van der Waals surface area (Å²) in [6.45, 7) is 3.72. The maximum Gasteiger partial charge on any atom is 0.266 e. The number of rotatable bonds is 2. The van der Waals surface area contributed by atoms with Crippen molar-refractivity contribution in [3.8, 4) is 0 Å².